The van der Waals surface area contributed by atoms with Gasteiger partial charge in [-0.05, 0) is 57.8 Å². The Labute approximate surface area is 498 Å². The second-order valence-electron chi connectivity index (χ2n) is 24.1. The van der Waals surface area contributed by atoms with Crippen LogP contribution in [-0.4, -0.2) is 37.2 Å². The van der Waals surface area contributed by atoms with Gasteiger partial charge in [-0.3, -0.25) is 14.4 Å². The number of carbonyl (C=O) groups excluding carboxylic acids is 3. The molecule has 0 fully saturated rings. The number of esters is 3. The molecule has 0 bridgehead atoms. The van der Waals surface area contributed by atoms with E-state index in [-0.39, 0.29) is 31.1 Å². The molecular formula is C74H136O6. The van der Waals surface area contributed by atoms with Gasteiger partial charge in [-0.15, -0.1) is 0 Å². The minimum atomic E-state index is -0.778. The molecule has 0 amide bonds. The highest BCUT2D eigenvalue weighted by Gasteiger charge is 2.19. The molecular weight excluding hydrogens is 985 g/mol. The summed E-state index contributed by atoms with van der Waals surface area (Å²) >= 11 is 0. The van der Waals surface area contributed by atoms with E-state index in [9.17, 15) is 14.4 Å². The van der Waals surface area contributed by atoms with Crippen molar-refractivity contribution in [2.75, 3.05) is 13.2 Å². The highest BCUT2D eigenvalue weighted by atomic mass is 16.6. The van der Waals surface area contributed by atoms with Crippen molar-refractivity contribution in [2.24, 2.45) is 0 Å². The lowest BCUT2D eigenvalue weighted by molar-refractivity contribution is -0.167. The summed E-state index contributed by atoms with van der Waals surface area (Å²) in [7, 11) is 0. The predicted molar refractivity (Wildman–Crippen MR) is 349 cm³/mol. The average Bonchev–Trinajstić information content (AvgIpc) is 3.46. The molecule has 0 heterocycles. The van der Waals surface area contributed by atoms with Gasteiger partial charge in [0.15, 0.2) is 6.10 Å². The van der Waals surface area contributed by atoms with Crippen LogP contribution >= 0.6 is 0 Å². The van der Waals surface area contributed by atoms with E-state index in [4.69, 9.17) is 14.2 Å². The zero-order valence-corrected chi connectivity index (χ0v) is 53.9. The average molecular weight is 1120 g/mol. The van der Waals surface area contributed by atoms with Gasteiger partial charge in [-0.25, -0.2) is 0 Å². The van der Waals surface area contributed by atoms with Crippen molar-refractivity contribution in [3.05, 3.63) is 48.6 Å². The Bertz CT molecular complexity index is 1380. The van der Waals surface area contributed by atoms with Crippen LogP contribution in [0.1, 0.15) is 387 Å². The normalized spacial score (nSPS) is 12.3. The van der Waals surface area contributed by atoms with Gasteiger partial charge in [0.25, 0.3) is 0 Å². The van der Waals surface area contributed by atoms with E-state index >= 15 is 0 Å². The molecule has 0 N–H and O–H groups in total. The van der Waals surface area contributed by atoms with Crippen molar-refractivity contribution in [3.8, 4) is 0 Å². The van der Waals surface area contributed by atoms with E-state index in [0.29, 0.717) is 19.3 Å². The fraction of sp³-hybridized carbons (Fsp3) is 0.851. The van der Waals surface area contributed by atoms with Crippen LogP contribution in [0, 0.1) is 0 Å². The molecule has 0 saturated carbocycles. The van der Waals surface area contributed by atoms with Crippen molar-refractivity contribution >= 4 is 17.9 Å². The standard InChI is InChI=1S/C74H136O6/c1-4-7-10-13-16-19-21-23-25-27-29-30-31-32-33-34-35-36-37-38-39-40-41-42-43-45-46-48-50-52-55-58-61-64-67-73(76)79-70-71(69-78-72(75)66-63-60-57-54-18-15-12-9-6-3)80-74(77)68-65-62-59-56-53-51-49-47-44-28-26-24-22-20-17-14-11-8-5-2/h8,11,17,20,24,26,44,47,71H,4-7,9-10,12-16,18-19,21-23,25,27-43,45-46,48-70H2,1-3H3/b11-8-,20-17-,26-24-,47-44-. The molecule has 0 aliphatic carbocycles. The lowest BCUT2D eigenvalue weighted by atomic mass is 10.0. The monoisotopic (exact) mass is 1120 g/mol. The van der Waals surface area contributed by atoms with Crippen LogP contribution in [0.2, 0.25) is 0 Å². The fourth-order valence-corrected chi connectivity index (χ4v) is 10.8. The summed E-state index contributed by atoms with van der Waals surface area (Å²) in [6, 6.07) is 0. The summed E-state index contributed by atoms with van der Waals surface area (Å²) in [5, 5.41) is 0. The van der Waals surface area contributed by atoms with Crippen LogP contribution in [0.15, 0.2) is 48.6 Å². The largest absolute Gasteiger partial charge is 0.462 e. The maximum Gasteiger partial charge on any atom is 0.306 e. The molecule has 1 atom stereocenters. The zero-order valence-electron chi connectivity index (χ0n) is 53.9. The molecule has 0 saturated heterocycles. The first-order chi connectivity index (χ1) is 39.5. The number of rotatable bonds is 66. The van der Waals surface area contributed by atoms with Crippen molar-refractivity contribution < 1.29 is 28.6 Å². The van der Waals surface area contributed by atoms with Crippen molar-refractivity contribution in [3.63, 3.8) is 0 Å². The third kappa shape index (κ3) is 66.2. The van der Waals surface area contributed by atoms with Gasteiger partial charge in [0.1, 0.15) is 13.2 Å². The zero-order chi connectivity index (χ0) is 57.8. The molecule has 0 aliphatic heterocycles. The summed E-state index contributed by atoms with van der Waals surface area (Å²) in [5.41, 5.74) is 0. The minimum Gasteiger partial charge on any atom is -0.462 e. The number of carbonyl (C=O) groups is 3. The van der Waals surface area contributed by atoms with Gasteiger partial charge >= 0.3 is 17.9 Å². The van der Waals surface area contributed by atoms with Gasteiger partial charge in [0, 0.05) is 19.3 Å². The number of allylic oxidation sites excluding steroid dienone is 8. The molecule has 0 spiro atoms. The quantitative estimate of drug-likeness (QED) is 0.0261. The Morgan fingerprint density at radius 2 is 0.487 bits per heavy atom. The molecule has 0 rings (SSSR count). The van der Waals surface area contributed by atoms with E-state index in [2.05, 4.69) is 69.4 Å². The molecule has 0 radical (unpaired) electrons. The molecule has 1 unspecified atom stereocenters. The third-order valence-corrected chi connectivity index (χ3v) is 16.1. The van der Waals surface area contributed by atoms with Crippen LogP contribution < -0.4 is 0 Å². The number of unbranched alkanes of at least 4 members (excludes halogenated alkanes) is 47. The highest BCUT2D eigenvalue weighted by Crippen LogP contribution is 2.19. The van der Waals surface area contributed by atoms with Crippen LogP contribution in [0.4, 0.5) is 0 Å². The SMILES string of the molecule is CC/C=C\C/C=C\C/C=C\C/C=C\CCCCCCCCC(=O)OC(COC(=O)CCCCCCCCCCC)COC(=O)CCCCCCCCCCCCCCCCCCCCCCCCCCCCCCCCCCCC. The van der Waals surface area contributed by atoms with Crippen LogP contribution in [0.25, 0.3) is 0 Å². The van der Waals surface area contributed by atoms with E-state index in [1.54, 1.807) is 0 Å². The smallest absolute Gasteiger partial charge is 0.306 e. The lowest BCUT2D eigenvalue weighted by Gasteiger charge is -2.18. The molecule has 6 heteroatoms. The Balaban J connectivity index is 4.02. The van der Waals surface area contributed by atoms with Crippen LogP contribution in [0.3, 0.4) is 0 Å². The maximum atomic E-state index is 12.9. The van der Waals surface area contributed by atoms with E-state index in [1.165, 1.54) is 250 Å². The number of hydrogen-bond acceptors (Lipinski definition) is 6. The first kappa shape index (κ1) is 77.4. The van der Waals surface area contributed by atoms with Crippen molar-refractivity contribution in [2.45, 2.75) is 393 Å². The maximum absolute atomic E-state index is 12.9. The molecule has 0 aromatic carbocycles. The predicted octanol–water partition coefficient (Wildman–Crippen LogP) is 24.5. The molecule has 0 aromatic rings. The summed E-state index contributed by atoms with van der Waals surface area (Å²) in [6.45, 7) is 6.56. The van der Waals surface area contributed by atoms with Crippen molar-refractivity contribution in [1.82, 2.24) is 0 Å². The summed E-state index contributed by atoms with van der Waals surface area (Å²) in [6.07, 6.45) is 87.5. The minimum absolute atomic E-state index is 0.0746. The molecule has 6 nitrogen and oxygen atoms in total. The summed E-state index contributed by atoms with van der Waals surface area (Å²) < 4.78 is 16.9. The Morgan fingerprint density at radius 1 is 0.263 bits per heavy atom. The topological polar surface area (TPSA) is 78.9 Å². The number of ether oxygens (including phenoxy) is 3. The first-order valence-electron chi connectivity index (χ1n) is 35.6. The van der Waals surface area contributed by atoms with Gasteiger partial charge in [-0.2, -0.15) is 0 Å². The van der Waals surface area contributed by atoms with Crippen LogP contribution in [-0.2, 0) is 28.6 Å². The first-order valence-corrected chi connectivity index (χ1v) is 35.6. The fourth-order valence-electron chi connectivity index (χ4n) is 10.8. The van der Waals surface area contributed by atoms with Crippen molar-refractivity contribution in [1.29, 1.82) is 0 Å². The van der Waals surface area contributed by atoms with Gasteiger partial charge in [0.2, 0.25) is 0 Å². The second kappa shape index (κ2) is 68.9. The van der Waals surface area contributed by atoms with E-state index < -0.39 is 6.10 Å². The number of hydrogen-bond donors (Lipinski definition) is 0. The molecule has 0 aliphatic rings. The van der Waals surface area contributed by atoms with E-state index in [1.807, 2.05) is 0 Å². The summed E-state index contributed by atoms with van der Waals surface area (Å²) in [4.78, 5) is 38.2. The van der Waals surface area contributed by atoms with Gasteiger partial charge in [-0.1, -0.05) is 358 Å². The van der Waals surface area contributed by atoms with E-state index in [0.717, 1.165) is 96.3 Å². The molecule has 80 heavy (non-hydrogen) atoms. The lowest BCUT2D eigenvalue weighted by Crippen LogP contribution is -2.30. The van der Waals surface area contributed by atoms with Gasteiger partial charge < -0.3 is 14.2 Å². The highest BCUT2D eigenvalue weighted by molar-refractivity contribution is 5.71. The van der Waals surface area contributed by atoms with Crippen LogP contribution in [0.5, 0.6) is 0 Å². The molecule has 0 aromatic heterocycles. The summed E-state index contributed by atoms with van der Waals surface area (Å²) in [5.74, 6) is -0.870. The Kier molecular flexibility index (Phi) is 66.6. The van der Waals surface area contributed by atoms with Gasteiger partial charge in [0.05, 0.1) is 0 Å². The second-order valence-corrected chi connectivity index (χ2v) is 24.1. The molecule has 468 valence electrons. The Hall–Kier alpha value is -2.63. The third-order valence-electron chi connectivity index (χ3n) is 16.1. The Morgan fingerprint density at radius 3 is 0.762 bits per heavy atom.